The molecule has 54 heavy (non-hydrogen) atoms. The average molecular weight is 688 g/mol. The maximum absolute atomic E-state index is 14.3. The molecule has 7 aromatic carbocycles. The van der Waals surface area contributed by atoms with Crippen molar-refractivity contribution in [2.45, 2.75) is 0 Å². The number of para-hydroxylation sites is 2. The van der Waals surface area contributed by atoms with Gasteiger partial charge in [-0.05, 0) is 64.3 Å². The minimum atomic E-state index is -0.332. The lowest BCUT2D eigenvalue weighted by molar-refractivity contribution is 0.103. The van der Waals surface area contributed by atoms with Gasteiger partial charge in [0, 0.05) is 55.2 Å². The van der Waals surface area contributed by atoms with E-state index in [9.17, 15) is 19.2 Å². The van der Waals surface area contributed by atoms with Crippen LogP contribution in [0.5, 0.6) is 0 Å². The number of benzene rings is 7. The van der Waals surface area contributed by atoms with Crippen LogP contribution in [0.2, 0.25) is 0 Å². The summed E-state index contributed by atoms with van der Waals surface area (Å²) < 4.78 is 4.37. The molecule has 4 aliphatic rings. The highest BCUT2D eigenvalue weighted by molar-refractivity contribution is 7.03. The summed E-state index contributed by atoms with van der Waals surface area (Å²) in [6, 6.07) is 42.9. The molecular formula is C46H22B2N2O4. The molecule has 9 aromatic rings. The molecule has 8 heteroatoms. The second-order valence-electron chi connectivity index (χ2n) is 14.9. The summed E-state index contributed by atoms with van der Waals surface area (Å²) in [7, 11) is 0. The van der Waals surface area contributed by atoms with Gasteiger partial charge in [-0.2, -0.15) is 0 Å². The molecule has 0 saturated carbocycles. The van der Waals surface area contributed by atoms with E-state index in [1.165, 1.54) is 0 Å². The largest absolute Gasteiger partial charge is 0.310 e. The number of nitrogens with zero attached hydrogens (tertiary/aromatic N) is 2. The Morgan fingerprint density at radius 2 is 0.796 bits per heavy atom. The van der Waals surface area contributed by atoms with Crippen molar-refractivity contribution in [2.24, 2.45) is 0 Å². The number of fused-ring (bicyclic) bond motifs is 14. The third-order valence-electron chi connectivity index (χ3n) is 12.5. The number of pyridine rings is 2. The summed E-state index contributed by atoms with van der Waals surface area (Å²) in [5.41, 5.74) is 12.8. The van der Waals surface area contributed by atoms with E-state index in [2.05, 4.69) is 21.3 Å². The first-order valence-corrected chi connectivity index (χ1v) is 18.2. The van der Waals surface area contributed by atoms with E-state index in [-0.39, 0.29) is 35.8 Å². The normalized spacial score (nSPS) is 14.1. The minimum absolute atomic E-state index is 0.0484. The summed E-state index contributed by atoms with van der Waals surface area (Å²) in [5.74, 6) is -0.0968. The van der Waals surface area contributed by atoms with Crippen LogP contribution in [0.3, 0.4) is 0 Å². The molecule has 4 aliphatic heterocycles. The van der Waals surface area contributed by atoms with Crippen LogP contribution in [0.25, 0.3) is 55.0 Å². The number of hydrogen-bond donors (Lipinski definition) is 0. The number of hydrogen-bond acceptors (Lipinski definition) is 4. The van der Waals surface area contributed by atoms with Gasteiger partial charge in [0.25, 0.3) is 0 Å². The van der Waals surface area contributed by atoms with Gasteiger partial charge >= 0.3 is 0 Å². The molecule has 0 amide bonds. The fourth-order valence-electron chi connectivity index (χ4n) is 10.4. The van der Waals surface area contributed by atoms with Crippen molar-refractivity contribution in [2.75, 3.05) is 0 Å². The van der Waals surface area contributed by atoms with Crippen molar-refractivity contribution in [1.29, 1.82) is 0 Å². The molecule has 0 saturated heterocycles. The van der Waals surface area contributed by atoms with Gasteiger partial charge in [-0.15, -0.1) is 0 Å². The Morgan fingerprint density at radius 3 is 1.28 bits per heavy atom. The monoisotopic (exact) mass is 688 g/mol. The highest BCUT2D eigenvalue weighted by atomic mass is 16.1. The fraction of sp³-hybridized carbons (Fsp3) is 0. The van der Waals surface area contributed by atoms with Crippen LogP contribution in [-0.4, -0.2) is 34.1 Å². The van der Waals surface area contributed by atoms with E-state index >= 15 is 0 Å². The number of ketones is 2. The zero-order valence-corrected chi connectivity index (χ0v) is 28.4. The van der Waals surface area contributed by atoms with Gasteiger partial charge in [-0.1, -0.05) is 102 Å². The standard InChI is InChI=1S/C46H22B2N2O4/c51-43-23-9-1-5-13-31(23)47-33-21-34-38(22-37(33)49-35-15-7-3-11-25(35)45(53)29-19-17-27(43)39(47)41(29)49)50-36-16-8-4-12-26(36)46(54)30-20-18-28-40(42(30)50)48(34)32-14-6-2-10-24(32)44(28)52/h1-22H. The lowest BCUT2D eigenvalue weighted by Gasteiger charge is -2.38. The van der Waals surface area contributed by atoms with Crippen LogP contribution in [0, 0.1) is 0 Å². The van der Waals surface area contributed by atoms with Crippen molar-refractivity contribution in [3.05, 3.63) is 176 Å². The molecule has 6 heterocycles. The Balaban J connectivity index is 1.29. The number of rotatable bonds is 0. The van der Waals surface area contributed by atoms with Crippen molar-refractivity contribution >= 4 is 101 Å². The lowest BCUT2D eigenvalue weighted by Crippen LogP contribution is -2.65. The predicted octanol–water partition coefficient (Wildman–Crippen LogP) is 3.35. The molecule has 13 rings (SSSR count). The first-order valence-electron chi connectivity index (χ1n) is 18.2. The molecule has 0 N–H and O–H groups in total. The summed E-state index contributed by atoms with van der Waals surface area (Å²) in [6.45, 7) is -0.664. The number of aromatic nitrogens is 2. The molecule has 0 aliphatic carbocycles. The summed E-state index contributed by atoms with van der Waals surface area (Å²) in [6.07, 6.45) is 0. The van der Waals surface area contributed by atoms with Crippen LogP contribution >= 0.6 is 0 Å². The van der Waals surface area contributed by atoms with Crippen LogP contribution in [0.15, 0.2) is 143 Å². The van der Waals surface area contributed by atoms with Crippen molar-refractivity contribution in [1.82, 2.24) is 9.13 Å². The SMILES string of the molecule is O=C1c2ccccc2B2c3cc4c(cc3-n3c5ccccc5c(=O)c5ccc1c2c53)-n1c2ccccc2c(=O)c2ccc3c(c21)B4c1ccccc1C3=O. The number of carbonyl (C=O) groups is 2. The Bertz CT molecular complexity index is 3280. The summed E-state index contributed by atoms with van der Waals surface area (Å²) in [5, 5.41) is 2.33. The Morgan fingerprint density at radius 1 is 0.370 bits per heavy atom. The second kappa shape index (κ2) is 9.48. The first kappa shape index (κ1) is 28.5. The molecule has 2 aromatic heterocycles. The van der Waals surface area contributed by atoms with Gasteiger partial charge < -0.3 is 9.13 Å². The Kier molecular flexibility index (Phi) is 5.01. The molecule has 0 fully saturated rings. The molecule has 0 radical (unpaired) electrons. The molecule has 0 atom stereocenters. The van der Waals surface area contributed by atoms with Crippen LogP contribution in [0.1, 0.15) is 31.8 Å². The topological polar surface area (TPSA) is 78.1 Å². The average Bonchev–Trinajstić information content (AvgIpc) is 3.22. The minimum Gasteiger partial charge on any atom is -0.310 e. The van der Waals surface area contributed by atoms with Crippen LogP contribution in [0.4, 0.5) is 0 Å². The van der Waals surface area contributed by atoms with E-state index in [1.54, 1.807) is 0 Å². The second-order valence-corrected chi connectivity index (χ2v) is 14.9. The molecular weight excluding hydrogens is 666 g/mol. The zero-order chi connectivity index (χ0) is 35.7. The maximum Gasteiger partial charge on any atom is 0.248 e. The van der Waals surface area contributed by atoms with Crippen molar-refractivity contribution in [3.8, 4) is 11.4 Å². The van der Waals surface area contributed by atoms with Crippen molar-refractivity contribution < 1.29 is 9.59 Å². The quantitative estimate of drug-likeness (QED) is 0.181. The van der Waals surface area contributed by atoms with E-state index < -0.39 is 0 Å². The van der Waals surface area contributed by atoms with Crippen LogP contribution < -0.4 is 43.6 Å². The molecule has 6 nitrogen and oxygen atoms in total. The van der Waals surface area contributed by atoms with E-state index in [0.717, 1.165) is 66.2 Å². The Labute approximate surface area is 306 Å². The molecule has 0 bridgehead atoms. The Hall–Kier alpha value is -7.05. The van der Waals surface area contributed by atoms with E-state index in [4.69, 9.17) is 0 Å². The van der Waals surface area contributed by atoms with Gasteiger partial charge in [-0.25, -0.2) is 0 Å². The van der Waals surface area contributed by atoms with Gasteiger partial charge in [0.1, 0.15) is 0 Å². The van der Waals surface area contributed by atoms with Gasteiger partial charge in [-0.3, -0.25) is 19.2 Å². The zero-order valence-electron chi connectivity index (χ0n) is 28.4. The third kappa shape index (κ3) is 3.12. The van der Waals surface area contributed by atoms with Gasteiger partial charge in [0.15, 0.2) is 22.4 Å². The van der Waals surface area contributed by atoms with Crippen LogP contribution in [-0.2, 0) is 0 Å². The molecule has 0 unspecified atom stereocenters. The molecule has 246 valence electrons. The third-order valence-corrected chi connectivity index (χ3v) is 12.5. The maximum atomic E-state index is 14.3. The highest BCUT2D eigenvalue weighted by Crippen LogP contribution is 2.34. The number of carbonyl (C=O) groups excluding carboxylic acids is 2. The summed E-state index contributed by atoms with van der Waals surface area (Å²) in [4.78, 5) is 57.1. The predicted molar refractivity (Wildman–Crippen MR) is 217 cm³/mol. The molecule has 0 spiro atoms. The first-order chi connectivity index (χ1) is 26.5. The van der Waals surface area contributed by atoms with E-state index in [0.29, 0.717) is 43.8 Å². The highest BCUT2D eigenvalue weighted by Gasteiger charge is 2.46. The van der Waals surface area contributed by atoms with E-state index in [1.807, 2.05) is 121 Å². The van der Waals surface area contributed by atoms with Gasteiger partial charge in [0.2, 0.25) is 13.4 Å². The lowest BCUT2D eigenvalue weighted by atomic mass is 9.29. The smallest absolute Gasteiger partial charge is 0.248 e. The summed E-state index contributed by atoms with van der Waals surface area (Å²) >= 11 is 0. The fourth-order valence-corrected chi connectivity index (χ4v) is 10.4. The van der Waals surface area contributed by atoms with Gasteiger partial charge in [0.05, 0.1) is 22.1 Å². The van der Waals surface area contributed by atoms with Crippen molar-refractivity contribution in [3.63, 3.8) is 0 Å².